The van der Waals surface area contributed by atoms with Gasteiger partial charge in [-0.1, -0.05) is 30.3 Å². The van der Waals surface area contributed by atoms with Gasteiger partial charge in [-0.2, -0.15) is 0 Å². The second-order valence-electron chi connectivity index (χ2n) is 7.19. The van der Waals surface area contributed by atoms with Crippen LogP contribution >= 0.6 is 0 Å². The van der Waals surface area contributed by atoms with Crippen LogP contribution in [-0.2, 0) is 4.79 Å². The summed E-state index contributed by atoms with van der Waals surface area (Å²) in [6.45, 7) is 0.605. The molecular weight excluding hydrogens is 344 g/mol. The topological polar surface area (TPSA) is 107 Å². The normalized spacial score (nSPS) is 17.2. The molecular formula is C20H22N4O3. The van der Waals surface area contributed by atoms with Crippen LogP contribution in [0.4, 0.5) is 0 Å². The first-order chi connectivity index (χ1) is 13.1. The van der Waals surface area contributed by atoms with Crippen LogP contribution in [0.1, 0.15) is 59.4 Å². The van der Waals surface area contributed by atoms with Gasteiger partial charge in [0.15, 0.2) is 5.69 Å². The van der Waals surface area contributed by atoms with Gasteiger partial charge in [-0.15, -0.1) is 0 Å². The van der Waals surface area contributed by atoms with Crippen molar-refractivity contribution in [2.24, 2.45) is 11.7 Å². The quantitative estimate of drug-likeness (QED) is 0.744. The third-order valence-corrected chi connectivity index (χ3v) is 4.81. The first-order valence-corrected chi connectivity index (χ1v) is 9.26. The van der Waals surface area contributed by atoms with Gasteiger partial charge in [0, 0.05) is 5.92 Å². The summed E-state index contributed by atoms with van der Waals surface area (Å²) < 4.78 is 5.85. The Morgan fingerprint density at radius 2 is 1.93 bits per heavy atom. The highest BCUT2D eigenvalue weighted by atomic mass is 16.5. The molecule has 0 aliphatic heterocycles. The van der Waals surface area contributed by atoms with E-state index in [4.69, 9.17) is 10.5 Å². The van der Waals surface area contributed by atoms with E-state index in [1.807, 2.05) is 6.07 Å². The minimum absolute atomic E-state index is 0.118. The maximum Gasteiger partial charge on any atom is 0.272 e. The number of nitrogens with zero attached hydrogens (tertiary/aromatic N) is 2. The number of carbonyl (C=O) groups excluding carboxylic acids is 2. The van der Waals surface area contributed by atoms with Crippen LogP contribution in [0.15, 0.2) is 36.5 Å². The zero-order valence-corrected chi connectivity index (χ0v) is 14.9. The Morgan fingerprint density at radius 3 is 2.56 bits per heavy atom. The fourth-order valence-electron chi connectivity index (χ4n) is 2.88. The van der Waals surface area contributed by atoms with Crippen LogP contribution in [0.3, 0.4) is 0 Å². The van der Waals surface area contributed by atoms with Gasteiger partial charge in [-0.3, -0.25) is 14.6 Å². The summed E-state index contributed by atoms with van der Waals surface area (Å²) in [5.41, 5.74) is 7.03. The molecule has 2 aliphatic rings. The molecule has 140 valence electrons. The molecule has 1 aromatic carbocycles. The predicted octanol–water partition coefficient (Wildman–Crippen LogP) is 2.10. The number of ether oxygens (including phenoxy) is 1. The summed E-state index contributed by atoms with van der Waals surface area (Å²) in [4.78, 5) is 33.3. The molecule has 2 aromatic rings. The second kappa shape index (κ2) is 7.34. The van der Waals surface area contributed by atoms with E-state index in [0.29, 0.717) is 29.9 Å². The first-order valence-electron chi connectivity index (χ1n) is 9.26. The Bertz CT molecular complexity index is 848. The molecule has 2 amide bonds. The van der Waals surface area contributed by atoms with E-state index in [2.05, 4.69) is 15.3 Å². The van der Waals surface area contributed by atoms with Crippen molar-refractivity contribution < 1.29 is 14.3 Å². The Balaban J connectivity index is 1.53. The zero-order chi connectivity index (χ0) is 18.8. The molecule has 4 rings (SSSR count). The highest BCUT2D eigenvalue weighted by Gasteiger charge is 2.31. The summed E-state index contributed by atoms with van der Waals surface area (Å²) in [5.74, 6) is 0.239. The molecule has 7 heteroatoms. The summed E-state index contributed by atoms with van der Waals surface area (Å²) in [6.07, 6.45) is 5.92. The number of hydrogen-bond acceptors (Lipinski definition) is 5. The highest BCUT2D eigenvalue weighted by Crippen LogP contribution is 2.42. The number of nitrogens with two attached hydrogens (primary N) is 1. The first kappa shape index (κ1) is 17.5. The van der Waals surface area contributed by atoms with Gasteiger partial charge in [0.25, 0.3) is 5.91 Å². The lowest BCUT2D eigenvalue weighted by molar-refractivity contribution is -0.120. The zero-order valence-electron chi connectivity index (χ0n) is 14.9. The summed E-state index contributed by atoms with van der Waals surface area (Å²) >= 11 is 0. The van der Waals surface area contributed by atoms with Crippen LogP contribution in [0, 0.1) is 5.92 Å². The largest absolute Gasteiger partial charge is 0.476 e. The maximum atomic E-state index is 12.7. The SMILES string of the molecule is NC(=O)C(NC(=O)c1cnc(C2CC2)c(OCC2CC2)n1)c1ccccc1. The third-order valence-electron chi connectivity index (χ3n) is 4.81. The van der Waals surface area contributed by atoms with Crippen LogP contribution in [0.2, 0.25) is 0 Å². The van der Waals surface area contributed by atoms with E-state index in [1.54, 1.807) is 24.3 Å². The molecule has 3 N–H and O–H groups in total. The number of carbonyl (C=O) groups is 2. The number of hydrogen-bond donors (Lipinski definition) is 2. The summed E-state index contributed by atoms with van der Waals surface area (Å²) in [7, 11) is 0. The third kappa shape index (κ3) is 4.24. The van der Waals surface area contributed by atoms with Gasteiger partial charge in [0.1, 0.15) is 11.7 Å². The van der Waals surface area contributed by atoms with Gasteiger partial charge in [0.2, 0.25) is 11.8 Å². The van der Waals surface area contributed by atoms with E-state index >= 15 is 0 Å². The number of primary amides is 1. The molecule has 0 bridgehead atoms. The standard InChI is InChI=1S/C20H22N4O3/c21-18(25)16(13-4-2-1-3-5-13)24-19(26)15-10-22-17(14-8-9-14)20(23-15)27-11-12-6-7-12/h1-5,10,12,14,16H,6-9,11H2,(H2,21,25)(H,24,26). The van der Waals surface area contributed by atoms with Gasteiger partial charge in [-0.05, 0) is 37.2 Å². The summed E-state index contributed by atoms with van der Waals surface area (Å²) in [5, 5.41) is 2.65. The Kier molecular flexibility index (Phi) is 4.75. The molecule has 0 saturated heterocycles. The average molecular weight is 366 g/mol. The van der Waals surface area contributed by atoms with E-state index < -0.39 is 17.9 Å². The lowest BCUT2D eigenvalue weighted by Crippen LogP contribution is -2.38. The number of nitrogens with one attached hydrogen (secondary N) is 1. The Hall–Kier alpha value is -2.96. The Morgan fingerprint density at radius 1 is 1.19 bits per heavy atom. The molecule has 1 unspecified atom stereocenters. The Labute approximate surface area is 157 Å². The van der Waals surface area contributed by atoms with Crippen LogP contribution in [0.25, 0.3) is 0 Å². The van der Waals surface area contributed by atoms with Crippen molar-refractivity contribution >= 4 is 11.8 Å². The van der Waals surface area contributed by atoms with Crippen molar-refractivity contribution in [1.82, 2.24) is 15.3 Å². The van der Waals surface area contributed by atoms with E-state index in [-0.39, 0.29) is 5.69 Å². The maximum absolute atomic E-state index is 12.7. The number of rotatable bonds is 8. The van der Waals surface area contributed by atoms with Crippen molar-refractivity contribution in [2.45, 2.75) is 37.6 Å². The van der Waals surface area contributed by atoms with Gasteiger partial charge in [0.05, 0.1) is 12.8 Å². The number of benzene rings is 1. The van der Waals surface area contributed by atoms with Crippen LogP contribution < -0.4 is 15.8 Å². The van der Waals surface area contributed by atoms with Crippen molar-refractivity contribution in [1.29, 1.82) is 0 Å². The molecule has 0 radical (unpaired) electrons. The molecule has 1 atom stereocenters. The van der Waals surface area contributed by atoms with E-state index in [0.717, 1.165) is 18.5 Å². The smallest absolute Gasteiger partial charge is 0.272 e. The van der Waals surface area contributed by atoms with Crippen LogP contribution in [0.5, 0.6) is 5.88 Å². The molecule has 2 fully saturated rings. The lowest BCUT2D eigenvalue weighted by atomic mass is 10.1. The predicted molar refractivity (Wildman–Crippen MR) is 98.1 cm³/mol. The lowest BCUT2D eigenvalue weighted by Gasteiger charge is -2.16. The fourth-order valence-corrected chi connectivity index (χ4v) is 2.88. The van der Waals surface area contributed by atoms with E-state index in [1.165, 1.54) is 19.0 Å². The minimum atomic E-state index is -0.931. The number of amides is 2. The molecule has 2 saturated carbocycles. The van der Waals surface area contributed by atoms with Crippen molar-refractivity contribution in [3.05, 3.63) is 53.5 Å². The van der Waals surface area contributed by atoms with Gasteiger partial charge < -0.3 is 15.8 Å². The van der Waals surface area contributed by atoms with Crippen molar-refractivity contribution in [2.75, 3.05) is 6.61 Å². The molecule has 27 heavy (non-hydrogen) atoms. The molecule has 0 spiro atoms. The van der Waals surface area contributed by atoms with Crippen molar-refractivity contribution in [3.63, 3.8) is 0 Å². The van der Waals surface area contributed by atoms with Gasteiger partial charge in [-0.25, -0.2) is 4.98 Å². The van der Waals surface area contributed by atoms with Gasteiger partial charge >= 0.3 is 0 Å². The highest BCUT2D eigenvalue weighted by molar-refractivity contribution is 5.96. The average Bonchev–Trinajstić information content (AvgIpc) is 3.58. The minimum Gasteiger partial charge on any atom is -0.476 e. The molecule has 1 aromatic heterocycles. The van der Waals surface area contributed by atoms with E-state index in [9.17, 15) is 9.59 Å². The molecule has 7 nitrogen and oxygen atoms in total. The number of aromatic nitrogens is 2. The molecule has 1 heterocycles. The van der Waals surface area contributed by atoms with Crippen molar-refractivity contribution in [3.8, 4) is 5.88 Å². The molecule has 2 aliphatic carbocycles. The monoisotopic (exact) mass is 366 g/mol. The second-order valence-corrected chi connectivity index (χ2v) is 7.19. The summed E-state index contributed by atoms with van der Waals surface area (Å²) in [6, 6.07) is 7.94. The fraction of sp³-hybridized carbons (Fsp3) is 0.400. The van der Waals surface area contributed by atoms with Crippen LogP contribution in [-0.4, -0.2) is 28.4 Å².